The van der Waals surface area contributed by atoms with Crippen molar-refractivity contribution in [3.8, 4) is 0 Å². The smallest absolute Gasteiger partial charge is 0.340 e. The van der Waals surface area contributed by atoms with E-state index in [1.165, 1.54) is 6.20 Å². The van der Waals surface area contributed by atoms with Gasteiger partial charge in [0, 0.05) is 0 Å². The molecule has 0 aromatic carbocycles. The second kappa shape index (κ2) is 4.99. The predicted octanol–water partition coefficient (Wildman–Crippen LogP) is 2.34. The van der Waals surface area contributed by atoms with Crippen molar-refractivity contribution < 1.29 is 4.92 Å². The lowest BCUT2D eigenvalue weighted by Gasteiger charge is -2.03. The third-order valence-corrected chi connectivity index (χ3v) is 2.88. The van der Waals surface area contributed by atoms with Gasteiger partial charge in [0.1, 0.15) is 6.20 Å². The number of H-pyrrole nitrogens is 1. The van der Waals surface area contributed by atoms with E-state index in [0.29, 0.717) is 5.82 Å². The lowest BCUT2D eigenvalue weighted by Crippen LogP contribution is -1.94. The van der Waals surface area contributed by atoms with E-state index in [4.69, 9.17) is 0 Å². The van der Waals surface area contributed by atoms with Gasteiger partial charge in [0.05, 0.1) is 5.25 Å². The summed E-state index contributed by atoms with van der Waals surface area (Å²) in [6, 6.07) is 0. The topological polar surface area (TPSA) is 71.8 Å². The average Bonchev–Trinajstić information content (AvgIpc) is 2.62. The van der Waals surface area contributed by atoms with Crippen LogP contribution in [0.15, 0.2) is 6.20 Å². The van der Waals surface area contributed by atoms with Gasteiger partial charge >= 0.3 is 5.82 Å². The molecule has 1 rings (SSSR count). The highest BCUT2D eigenvalue weighted by atomic mass is 32.2. The standard InChI is InChI=1S/C8H12N3O2S/c1-3-4-14-6(2)8-9-5-7(10-8)11(12)13/h5-6H,2-4H2,1H3,(H,9,10). The molecular formula is C8H12N3O2S. The Balaban J connectivity index is 2.61. The van der Waals surface area contributed by atoms with E-state index in [1.807, 2.05) is 0 Å². The second-order valence-corrected chi connectivity index (χ2v) is 4.08. The molecule has 1 radical (unpaired) electrons. The van der Waals surface area contributed by atoms with Gasteiger partial charge in [0.2, 0.25) is 5.82 Å². The minimum Gasteiger partial charge on any atom is -0.358 e. The molecule has 0 aliphatic carbocycles. The van der Waals surface area contributed by atoms with Crippen LogP contribution >= 0.6 is 11.8 Å². The first-order valence-electron chi connectivity index (χ1n) is 4.29. The van der Waals surface area contributed by atoms with E-state index >= 15 is 0 Å². The summed E-state index contributed by atoms with van der Waals surface area (Å²) in [5, 5.41) is 10.3. The van der Waals surface area contributed by atoms with Crippen molar-refractivity contribution in [2.45, 2.75) is 18.6 Å². The lowest BCUT2D eigenvalue weighted by molar-refractivity contribution is -0.389. The van der Waals surface area contributed by atoms with Gasteiger partial charge in [-0.2, -0.15) is 0 Å². The first kappa shape index (κ1) is 11.0. The van der Waals surface area contributed by atoms with Crippen LogP contribution in [0.5, 0.6) is 0 Å². The zero-order chi connectivity index (χ0) is 10.6. The monoisotopic (exact) mass is 214 g/mol. The van der Waals surface area contributed by atoms with Gasteiger partial charge in [-0.15, -0.1) is 11.8 Å². The van der Waals surface area contributed by atoms with Crippen LogP contribution in [0.3, 0.4) is 0 Å². The van der Waals surface area contributed by atoms with Crippen LogP contribution in [0, 0.1) is 17.0 Å². The van der Waals surface area contributed by atoms with Crippen molar-refractivity contribution in [1.29, 1.82) is 0 Å². The van der Waals surface area contributed by atoms with Gasteiger partial charge in [-0.3, -0.25) is 0 Å². The highest BCUT2D eigenvalue weighted by Gasteiger charge is 2.16. The Labute approximate surface area is 86.5 Å². The summed E-state index contributed by atoms with van der Waals surface area (Å²) in [4.78, 5) is 16.4. The molecule has 77 valence electrons. The number of nitro groups is 1. The number of hydrogen-bond donors (Lipinski definition) is 1. The molecular weight excluding hydrogens is 202 g/mol. The minimum absolute atomic E-state index is 0.0661. The Morgan fingerprint density at radius 2 is 2.57 bits per heavy atom. The molecule has 0 saturated carbocycles. The Hall–Kier alpha value is -1.04. The summed E-state index contributed by atoms with van der Waals surface area (Å²) in [6.07, 6.45) is 2.28. The maximum atomic E-state index is 10.4. The molecule has 1 N–H and O–H groups in total. The molecule has 0 bridgehead atoms. The van der Waals surface area contributed by atoms with Crippen molar-refractivity contribution in [3.05, 3.63) is 29.1 Å². The first-order chi connectivity index (χ1) is 6.65. The molecule has 1 aromatic rings. The van der Waals surface area contributed by atoms with Gasteiger partial charge in [-0.1, -0.05) is 6.92 Å². The number of rotatable bonds is 5. The number of thioether (sulfide) groups is 1. The third kappa shape index (κ3) is 2.73. The van der Waals surface area contributed by atoms with Crippen molar-refractivity contribution in [2.75, 3.05) is 5.75 Å². The number of nitrogens with one attached hydrogen (secondary N) is 1. The molecule has 0 spiro atoms. The van der Waals surface area contributed by atoms with Crippen LogP contribution in [0.4, 0.5) is 5.82 Å². The van der Waals surface area contributed by atoms with Crippen LogP contribution in [-0.4, -0.2) is 20.6 Å². The Bertz CT molecular complexity index is 313. The summed E-state index contributed by atoms with van der Waals surface area (Å²) in [5.74, 6) is 1.46. The molecule has 5 nitrogen and oxygen atoms in total. The summed E-state index contributed by atoms with van der Waals surface area (Å²) >= 11 is 1.63. The Morgan fingerprint density at radius 1 is 1.86 bits per heavy atom. The van der Waals surface area contributed by atoms with Crippen LogP contribution in [0.1, 0.15) is 24.4 Å². The maximum absolute atomic E-state index is 10.4. The third-order valence-electron chi connectivity index (χ3n) is 1.61. The Kier molecular flexibility index (Phi) is 3.94. The molecule has 1 aromatic heterocycles. The largest absolute Gasteiger partial charge is 0.358 e. The molecule has 0 aliphatic rings. The number of hydrogen-bond acceptors (Lipinski definition) is 4. The van der Waals surface area contributed by atoms with Gasteiger partial charge in [-0.25, -0.2) is 9.97 Å². The van der Waals surface area contributed by atoms with Crippen molar-refractivity contribution in [3.63, 3.8) is 0 Å². The molecule has 0 fully saturated rings. The van der Waals surface area contributed by atoms with Gasteiger partial charge in [0.25, 0.3) is 0 Å². The zero-order valence-electron chi connectivity index (χ0n) is 7.90. The summed E-state index contributed by atoms with van der Waals surface area (Å²) in [5.41, 5.74) is 0. The van der Waals surface area contributed by atoms with Crippen LogP contribution in [0.25, 0.3) is 0 Å². The quantitative estimate of drug-likeness (QED) is 0.603. The second-order valence-electron chi connectivity index (χ2n) is 2.77. The fraction of sp³-hybridized carbons (Fsp3) is 0.500. The summed E-state index contributed by atoms with van der Waals surface area (Å²) < 4.78 is 0. The number of aromatic amines is 1. The molecule has 0 aliphatic heterocycles. The fourth-order valence-electron chi connectivity index (χ4n) is 0.922. The SMILES string of the molecule is [CH2]C(SCCC)c1ncc([N+](=O)[O-])[nH]1. The molecule has 14 heavy (non-hydrogen) atoms. The van der Waals surface area contributed by atoms with E-state index in [0.717, 1.165) is 12.2 Å². The average molecular weight is 214 g/mol. The summed E-state index contributed by atoms with van der Waals surface area (Å²) in [6.45, 7) is 5.94. The highest BCUT2D eigenvalue weighted by molar-refractivity contribution is 7.99. The van der Waals surface area contributed by atoms with Gasteiger partial charge in [-0.05, 0) is 24.0 Å². The highest BCUT2D eigenvalue weighted by Crippen LogP contribution is 2.26. The molecule has 6 heteroatoms. The number of imidazole rings is 1. The normalized spacial score (nSPS) is 12.7. The molecule has 1 heterocycles. The molecule has 0 saturated heterocycles. The van der Waals surface area contributed by atoms with E-state index in [1.54, 1.807) is 11.8 Å². The first-order valence-corrected chi connectivity index (χ1v) is 5.34. The molecule has 0 amide bonds. The zero-order valence-corrected chi connectivity index (χ0v) is 8.71. The Morgan fingerprint density at radius 3 is 3.07 bits per heavy atom. The van der Waals surface area contributed by atoms with Crippen LogP contribution in [0.2, 0.25) is 0 Å². The molecule has 1 atom stereocenters. The van der Waals surface area contributed by atoms with Crippen LogP contribution in [-0.2, 0) is 0 Å². The van der Waals surface area contributed by atoms with Gasteiger partial charge in [0.15, 0.2) is 0 Å². The number of nitrogens with zero attached hydrogens (tertiary/aromatic N) is 2. The van der Waals surface area contributed by atoms with Gasteiger partial charge < -0.3 is 10.1 Å². The van der Waals surface area contributed by atoms with Crippen molar-refractivity contribution >= 4 is 17.6 Å². The van der Waals surface area contributed by atoms with E-state index < -0.39 is 4.92 Å². The minimum atomic E-state index is -0.492. The van der Waals surface area contributed by atoms with Crippen LogP contribution < -0.4 is 0 Å². The summed E-state index contributed by atoms with van der Waals surface area (Å²) in [7, 11) is 0. The maximum Gasteiger partial charge on any atom is 0.340 e. The van der Waals surface area contributed by atoms with E-state index in [-0.39, 0.29) is 11.1 Å². The lowest BCUT2D eigenvalue weighted by atomic mass is 10.5. The predicted molar refractivity (Wildman–Crippen MR) is 56.1 cm³/mol. The van der Waals surface area contributed by atoms with Crippen molar-refractivity contribution in [1.82, 2.24) is 9.97 Å². The van der Waals surface area contributed by atoms with Crippen molar-refractivity contribution in [2.24, 2.45) is 0 Å². The van der Waals surface area contributed by atoms with E-state index in [9.17, 15) is 10.1 Å². The number of aromatic nitrogens is 2. The molecule has 1 unspecified atom stereocenters. The van der Waals surface area contributed by atoms with E-state index in [2.05, 4.69) is 23.8 Å². The fourth-order valence-corrected chi connectivity index (χ4v) is 1.72.